The topological polar surface area (TPSA) is 58.6 Å². The number of nitrogens with zero attached hydrogens (tertiary/aromatic N) is 1. The van der Waals surface area contributed by atoms with Gasteiger partial charge in [0, 0.05) is 36.2 Å². The van der Waals surface area contributed by atoms with Crippen molar-refractivity contribution in [2.45, 2.75) is 56.9 Å². The molecule has 0 bridgehead atoms. The zero-order valence-electron chi connectivity index (χ0n) is 18.3. The van der Waals surface area contributed by atoms with Crippen LogP contribution in [-0.2, 0) is 0 Å². The Kier molecular flexibility index (Phi) is 6.90. The lowest BCUT2D eigenvalue weighted by Crippen LogP contribution is -2.39. The van der Waals surface area contributed by atoms with Crippen LogP contribution in [-0.4, -0.2) is 43.0 Å². The first-order chi connectivity index (χ1) is 15.1. The number of carbonyl (C=O) groups is 2. The zero-order chi connectivity index (χ0) is 21.6. The van der Waals surface area contributed by atoms with Gasteiger partial charge in [0.1, 0.15) is 5.75 Å². The molecule has 0 spiro atoms. The van der Waals surface area contributed by atoms with E-state index in [1.807, 2.05) is 47.4 Å². The molecule has 2 fully saturated rings. The summed E-state index contributed by atoms with van der Waals surface area (Å²) in [4.78, 5) is 27.7. The molecule has 1 saturated carbocycles. The number of piperidine rings is 1. The first-order valence-corrected chi connectivity index (χ1v) is 11.5. The SMILES string of the molecule is COc1ccc(C(=O)N2CCCC(c3cccc(C(=O)NC4CCCCC4)c3)C2)cc1. The lowest BCUT2D eigenvalue weighted by Gasteiger charge is -2.33. The summed E-state index contributed by atoms with van der Waals surface area (Å²) in [5.41, 5.74) is 2.55. The molecule has 4 rings (SSSR count). The number of benzene rings is 2. The Balaban J connectivity index is 1.42. The van der Waals surface area contributed by atoms with Gasteiger partial charge in [-0.05, 0) is 67.6 Å². The molecule has 1 unspecified atom stereocenters. The molecule has 1 aliphatic carbocycles. The second-order valence-corrected chi connectivity index (χ2v) is 8.75. The van der Waals surface area contributed by atoms with Crippen LogP contribution in [0.5, 0.6) is 5.75 Å². The normalized spacial score (nSPS) is 19.6. The van der Waals surface area contributed by atoms with Crippen LogP contribution in [0, 0.1) is 0 Å². The van der Waals surface area contributed by atoms with Crippen LogP contribution < -0.4 is 10.1 Å². The Morgan fingerprint density at radius 1 is 0.935 bits per heavy atom. The zero-order valence-corrected chi connectivity index (χ0v) is 18.3. The van der Waals surface area contributed by atoms with Gasteiger partial charge >= 0.3 is 0 Å². The summed E-state index contributed by atoms with van der Waals surface area (Å²) in [5.74, 6) is 1.07. The van der Waals surface area contributed by atoms with Crippen molar-refractivity contribution in [2.75, 3.05) is 20.2 Å². The van der Waals surface area contributed by atoms with E-state index in [1.165, 1.54) is 19.3 Å². The monoisotopic (exact) mass is 420 g/mol. The number of methoxy groups -OCH3 is 1. The van der Waals surface area contributed by atoms with Crippen LogP contribution in [0.1, 0.15) is 77.1 Å². The first-order valence-electron chi connectivity index (χ1n) is 11.5. The third kappa shape index (κ3) is 5.27. The van der Waals surface area contributed by atoms with Gasteiger partial charge in [-0.3, -0.25) is 9.59 Å². The molecule has 2 amide bonds. The van der Waals surface area contributed by atoms with Crippen LogP contribution in [0.15, 0.2) is 48.5 Å². The molecule has 0 radical (unpaired) electrons. The Morgan fingerprint density at radius 3 is 2.45 bits per heavy atom. The van der Waals surface area contributed by atoms with E-state index in [0.717, 1.165) is 49.1 Å². The van der Waals surface area contributed by atoms with Crippen molar-refractivity contribution in [1.82, 2.24) is 10.2 Å². The Labute approximate surface area is 184 Å². The Hall–Kier alpha value is -2.82. The van der Waals surface area contributed by atoms with E-state index in [1.54, 1.807) is 7.11 Å². The molecular formula is C26H32N2O3. The number of hydrogen-bond donors (Lipinski definition) is 1. The van der Waals surface area contributed by atoms with E-state index in [4.69, 9.17) is 4.74 Å². The van der Waals surface area contributed by atoms with E-state index in [2.05, 4.69) is 11.4 Å². The Morgan fingerprint density at radius 2 is 1.71 bits per heavy atom. The third-order valence-corrected chi connectivity index (χ3v) is 6.61. The van der Waals surface area contributed by atoms with Gasteiger partial charge in [-0.2, -0.15) is 0 Å². The maximum atomic E-state index is 13.0. The van der Waals surface area contributed by atoms with Crippen molar-refractivity contribution in [2.24, 2.45) is 0 Å². The molecule has 164 valence electrons. The van der Waals surface area contributed by atoms with Gasteiger partial charge in [-0.25, -0.2) is 0 Å². The lowest BCUT2D eigenvalue weighted by molar-refractivity contribution is 0.0706. The minimum atomic E-state index is 0.0238. The highest BCUT2D eigenvalue weighted by atomic mass is 16.5. The number of hydrogen-bond acceptors (Lipinski definition) is 3. The van der Waals surface area contributed by atoms with Gasteiger partial charge in [0.2, 0.25) is 0 Å². The summed E-state index contributed by atoms with van der Waals surface area (Å²) in [6.45, 7) is 1.45. The maximum Gasteiger partial charge on any atom is 0.253 e. The van der Waals surface area contributed by atoms with Gasteiger partial charge in [-0.1, -0.05) is 31.4 Å². The predicted molar refractivity (Wildman–Crippen MR) is 122 cm³/mol. The molecule has 2 aliphatic rings. The largest absolute Gasteiger partial charge is 0.497 e. The van der Waals surface area contributed by atoms with Crippen molar-refractivity contribution in [3.05, 3.63) is 65.2 Å². The van der Waals surface area contributed by atoms with E-state index in [-0.39, 0.29) is 17.7 Å². The van der Waals surface area contributed by atoms with Crippen LogP contribution >= 0.6 is 0 Å². The smallest absolute Gasteiger partial charge is 0.253 e. The molecule has 31 heavy (non-hydrogen) atoms. The summed E-state index contributed by atoms with van der Waals surface area (Å²) >= 11 is 0. The summed E-state index contributed by atoms with van der Waals surface area (Å²) in [6.07, 6.45) is 7.82. The lowest BCUT2D eigenvalue weighted by atomic mass is 9.89. The highest BCUT2D eigenvalue weighted by Gasteiger charge is 2.26. The van der Waals surface area contributed by atoms with Gasteiger partial charge < -0.3 is 15.0 Å². The van der Waals surface area contributed by atoms with Crippen molar-refractivity contribution >= 4 is 11.8 Å². The third-order valence-electron chi connectivity index (χ3n) is 6.61. The fourth-order valence-corrected chi connectivity index (χ4v) is 4.80. The van der Waals surface area contributed by atoms with Crippen molar-refractivity contribution in [1.29, 1.82) is 0 Å². The van der Waals surface area contributed by atoms with E-state index in [9.17, 15) is 9.59 Å². The summed E-state index contributed by atoms with van der Waals surface area (Å²) < 4.78 is 5.19. The highest BCUT2D eigenvalue weighted by Crippen LogP contribution is 2.29. The molecule has 1 atom stereocenters. The number of nitrogens with one attached hydrogen (secondary N) is 1. The number of likely N-dealkylation sites (tertiary alicyclic amines) is 1. The molecule has 1 N–H and O–H groups in total. The van der Waals surface area contributed by atoms with E-state index < -0.39 is 0 Å². The second-order valence-electron chi connectivity index (χ2n) is 8.75. The van der Waals surface area contributed by atoms with Gasteiger partial charge in [0.05, 0.1) is 7.11 Å². The van der Waals surface area contributed by atoms with Gasteiger partial charge in [0.25, 0.3) is 11.8 Å². The van der Waals surface area contributed by atoms with E-state index in [0.29, 0.717) is 18.2 Å². The molecule has 1 heterocycles. The number of rotatable bonds is 5. The van der Waals surface area contributed by atoms with Crippen molar-refractivity contribution in [3.63, 3.8) is 0 Å². The van der Waals surface area contributed by atoms with Crippen LogP contribution in [0.3, 0.4) is 0 Å². The standard InChI is InChI=1S/C26H32N2O3/c1-31-24-14-12-19(13-15-24)26(30)28-16-6-9-22(18-28)20-7-5-8-21(17-20)25(29)27-23-10-3-2-4-11-23/h5,7-8,12-15,17,22-23H,2-4,6,9-11,16,18H2,1H3,(H,27,29). The summed E-state index contributed by atoms with van der Waals surface area (Å²) in [5, 5.41) is 3.21. The summed E-state index contributed by atoms with van der Waals surface area (Å²) in [6, 6.07) is 15.6. The van der Waals surface area contributed by atoms with Crippen LogP contribution in [0.2, 0.25) is 0 Å². The maximum absolute atomic E-state index is 13.0. The minimum absolute atomic E-state index is 0.0238. The molecule has 5 nitrogen and oxygen atoms in total. The molecule has 1 aliphatic heterocycles. The Bertz CT molecular complexity index is 903. The molecule has 2 aromatic carbocycles. The second kappa shape index (κ2) is 9.99. The van der Waals surface area contributed by atoms with Crippen molar-refractivity contribution in [3.8, 4) is 5.75 Å². The number of carbonyl (C=O) groups excluding carboxylic acids is 2. The average Bonchev–Trinajstić information content (AvgIpc) is 2.84. The highest BCUT2D eigenvalue weighted by molar-refractivity contribution is 5.95. The molecule has 1 saturated heterocycles. The quantitative estimate of drug-likeness (QED) is 0.757. The predicted octanol–water partition coefficient (Wildman–Crippen LogP) is 4.78. The molecule has 2 aromatic rings. The average molecular weight is 421 g/mol. The van der Waals surface area contributed by atoms with Crippen LogP contribution in [0.4, 0.5) is 0 Å². The van der Waals surface area contributed by atoms with Crippen molar-refractivity contribution < 1.29 is 14.3 Å². The fraction of sp³-hybridized carbons (Fsp3) is 0.462. The van der Waals surface area contributed by atoms with Gasteiger partial charge in [-0.15, -0.1) is 0 Å². The molecule has 5 heteroatoms. The van der Waals surface area contributed by atoms with E-state index >= 15 is 0 Å². The first kappa shape index (κ1) is 21.4. The fourth-order valence-electron chi connectivity index (χ4n) is 4.80. The minimum Gasteiger partial charge on any atom is -0.497 e. The number of amides is 2. The molecule has 0 aromatic heterocycles. The summed E-state index contributed by atoms with van der Waals surface area (Å²) in [7, 11) is 1.62. The van der Waals surface area contributed by atoms with Gasteiger partial charge in [0.15, 0.2) is 0 Å². The molecular weight excluding hydrogens is 388 g/mol. The number of ether oxygens (including phenoxy) is 1. The van der Waals surface area contributed by atoms with Crippen LogP contribution in [0.25, 0.3) is 0 Å².